The van der Waals surface area contributed by atoms with Crippen LogP contribution in [0.4, 0.5) is 0 Å². The Labute approximate surface area is 123 Å². The van der Waals surface area contributed by atoms with Crippen molar-refractivity contribution < 1.29 is 20.1 Å². The summed E-state index contributed by atoms with van der Waals surface area (Å²) in [6, 6.07) is 0.0738. The molecule has 0 saturated carbocycles. The number of aliphatic hydroxyl groups is 1. The number of hydrogen-bond donors (Lipinski definition) is 3. The van der Waals surface area contributed by atoms with E-state index in [9.17, 15) is 24.9 Å². The van der Waals surface area contributed by atoms with E-state index in [2.05, 4.69) is 0 Å². The molecule has 1 unspecified atom stereocenters. The Bertz CT molecular complexity index is 563. The largest absolute Gasteiger partial charge is 0.503 e. The van der Waals surface area contributed by atoms with Crippen LogP contribution in [-0.4, -0.2) is 43.8 Å². The van der Waals surface area contributed by atoms with Crippen molar-refractivity contribution in [3.8, 4) is 5.75 Å². The highest BCUT2D eigenvalue weighted by molar-refractivity contribution is 5.71. The molecule has 0 fully saturated rings. The zero-order valence-electron chi connectivity index (χ0n) is 12.5. The molecular weight excluding hydrogens is 276 g/mol. The lowest BCUT2D eigenvalue weighted by Crippen LogP contribution is -2.30. The molecule has 118 valence electrons. The van der Waals surface area contributed by atoms with Crippen LogP contribution in [-0.2, 0) is 17.9 Å². The van der Waals surface area contributed by atoms with Crippen molar-refractivity contribution in [1.29, 1.82) is 0 Å². The van der Waals surface area contributed by atoms with E-state index in [-0.39, 0.29) is 17.9 Å². The van der Waals surface area contributed by atoms with Crippen molar-refractivity contribution in [3.05, 3.63) is 27.7 Å². The second-order valence-corrected chi connectivity index (χ2v) is 4.80. The maximum atomic E-state index is 11.8. The lowest BCUT2D eigenvalue weighted by atomic mass is 10.2. The highest BCUT2D eigenvalue weighted by atomic mass is 16.4. The second kappa shape index (κ2) is 7.24. The van der Waals surface area contributed by atoms with Crippen LogP contribution >= 0.6 is 0 Å². The topological polar surface area (TPSA) is 103 Å². The summed E-state index contributed by atoms with van der Waals surface area (Å²) in [5.41, 5.74) is -0.227. The third kappa shape index (κ3) is 3.62. The fourth-order valence-corrected chi connectivity index (χ4v) is 2.24. The first kappa shape index (κ1) is 17.2. The zero-order valence-corrected chi connectivity index (χ0v) is 12.5. The summed E-state index contributed by atoms with van der Waals surface area (Å²) in [6.45, 7) is 6.44. The number of carbonyl (C=O) groups is 1. The Hall–Kier alpha value is -1.86. The highest BCUT2D eigenvalue weighted by Gasteiger charge is 2.23. The molecule has 7 heteroatoms. The average Bonchev–Trinajstić information content (AvgIpc) is 2.47. The van der Waals surface area contributed by atoms with E-state index in [1.807, 2.05) is 18.7 Å². The number of aliphatic carboxylic acids is 1. The molecule has 7 nitrogen and oxygen atoms in total. The Morgan fingerprint density at radius 2 is 1.95 bits per heavy atom. The number of rotatable bonds is 7. The summed E-state index contributed by atoms with van der Waals surface area (Å²) in [7, 11) is 0. The van der Waals surface area contributed by atoms with Gasteiger partial charge in [0.15, 0.2) is 5.75 Å². The molecule has 1 rings (SSSR count). The smallest absolute Gasteiger partial charge is 0.326 e. The summed E-state index contributed by atoms with van der Waals surface area (Å²) in [5.74, 6) is -1.57. The number of pyridine rings is 1. The first-order valence-electron chi connectivity index (χ1n) is 6.89. The van der Waals surface area contributed by atoms with E-state index in [4.69, 9.17) is 0 Å². The van der Waals surface area contributed by atoms with Crippen molar-refractivity contribution in [1.82, 2.24) is 9.47 Å². The average molecular weight is 298 g/mol. The molecule has 0 aromatic carbocycles. The second-order valence-electron chi connectivity index (χ2n) is 4.80. The number of aromatic hydroxyl groups is 1. The fraction of sp³-hybridized carbons (Fsp3) is 0.571. The van der Waals surface area contributed by atoms with E-state index < -0.39 is 29.8 Å². The maximum absolute atomic E-state index is 11.8. The molecule has 3 N–H and O–H groups in total. The number of carboxylic acids is 1. The molecule has 0 saturated heterocycles. The minimum Gasteiger partial charge on any atom is -0.503 e. The third-order valence-corrected chi connectivity index (χ3v) is 3.58. The normalized spacial score (nSPS) is 12.6. The van der Waals surface area contributed by atoms with E-state index in [1.165, 1.54) is 11.5 Å². The lowest BCUT2D eigenvalue weighted by molar-refractivity contribution is -0.140. The minimum absolute atomic E-state index is 0.176. The number of aliphatic hydroxyl groups excluding tert-OH is 1. The molecule has 0 spiro atoms. The van der Waals surface area contributed by atoms with Gasteiger partial charge in [-0.1, -0.05) is 13.8 Å². The summed E-state index contributed by atoms with van der Waals surface area (Å²) in [6.07, 6.45) is 0. The molecule has 1 aromatic heterocycles. The van der Waals surface area contributed by atoms with Crippen molar-refractivity contribution in [2.24, 2.45) is 0 Å². The maximum Gasteiger partial charge on any atom is 0.326 e. The van der Waals surface area contributed by atoms with Crippen LogP contribution in [0.3, 0.4) is 0 Å². The van der Waals surface area contributed by atoms with Gasteiger partial charge in [0, 0.05) is 18.3 Å². The number of hydrogen-bond acceptors (Lipinski definition) is 5. The SMILES string of the molecule is CCN(CC)Cc1c(O)c(=O)cc(CO)n1C(C)C(=O)O. The van der Waals surface area contributed by atoms with Crippen LogP contribution < -0.4 is 5.43 Å². The highest BCUT2D eigenvalue weighted by Crippen LogP contribution is 2.22. The van der Waals surface area contributed by atoms with E-state index in [0.29, 0.717) is 13.1 Å². The Kier molecular flexibility index (Phi) is 5.92. The molecule has 0 aliphatic heterocycles. The van der Waals surface area contributed by atoms with Crippen LogP contribution in [0.15, 0.2) is 10.9 Å². The van der Waals surface area contributed by atoms with Gasteiger partial charge in [0.2, 0.25) is 5.43 Å². The van der Waals surface area contributed by atoms with Crippen molar-refractivity contribution in [3.63, 3.8) is 0 Å². The predicted octanol–water partition coefficient (Wildman–Crippen LogP) is 0.534. The molecule has 1 aromatic rings. The van der Waals surface area contributed by atoms with Crippen LogP contribution in [0, 0.1) is 0 Å². The molecule has 1 atom stereocenters. The first-order chi connectivity index (χ1) is 9.87. The molecule has 0 bridgehead atoms. The predicted molar refractivity (Wildman–Crippen MR) is 77.3 cm³/mol. The number of nitrogens with zero attached hydrogens (tertiary/aromatic N) is 2. The van der Waals surface area contributed by atoms with Gasteiger partial charge in [-0.3, -0.25) is 9.69 Å². The molecule has 0 aliphatic carbocycles. The van der Waals surface area contributed by atoms with Crippen LogP contribution in [0.25, 0.3) is 0 Å². The molecule has 0 amide bonds. The van der Waals surface area contributed by atoms with Crippen LogP contribution in [0.2, 0.25) is 0 Å². The Balaban J connectivity index is 3.52. The summed E-state index contributed by atoms with van der Waals surface area (Å²) >= 11 is 0. The lowest BCUT2D eigenvalue weighted by Gasteiger charge is -2.26. The van der Waals surface area contributed by atoms with Crippen molar-refractivity contribution in [2.45, 2.75) is 40.0 Å². The molecule has 21 heavy (non-hydrogen) atoms. The molecule has 0 aliphatic rings. The Morgan fingerprint density at radius 1 is 1.38 bits per heavy atom. The van der Waals surface area contributed by atoms with Gasteiger partial charge in [-0.2, -0.15) is 0 Å². The fourth-order valence-electron chi connectivity index (χ4n) is 2.24. The van der Waals surface area contributed by atoms with Crippen LogP contribution in [0.1, 0.15) is 38.2 Å². The van der Waals surface area contributed by atoms with Crippen molar-refractivity contribution >= 4 is 5.97 Å². The number of aromatic nitrogens is 1. The minimum atomic E-state index is -1.10. The summed E-state index contributed by atoms with van der Waals surface area (Å²) in [5, 5.41) is 28.6. The van der Waals surface area contributed by atoms with Gasteiger partial charge in [-0.15, -0.1) is 0 Å². The van der Waals surface area contributed by atoms with E-state index in [1.54, 1.807) is 0 Å². The molecule has 0 radical (unpaired) electrons. The van der Waals surface area contributed by atoms with Crippen molar-refractivity contribution in [2.75, 3.05) is 13.1 Å². The summed E-state index contributed by atoms with van der Waals surface area (Å²) < 4.78 is 1.32. The Morgan fingerprint density at radius 3 is 2.38 bits per heavy atom. The van der Waals surface area contributed by atoms with E-state index in [0.717, 1.165) is 6.07 Å². The van der Waals surface area contributed by atoms with Gasteiger partial charge in [-0.25, -0.2) is 4.79 Å². The summed E-state index contributed by atoms with van der Waals surface area (Å²) in [4.78, 5) is 25.0. The first-order valence-corrected chi connectivity index (χ1v) is 6.89. The monoisotopic (exact) mass is 298 g/mol. The molecular formula is C14H22N2O5. The standard InChI is InChI=1S/C14H22N2O5/c1-4-15(5-2)7-11-13(19)12(18)6-10(8-17)16(11)9(3)14(20)21/h6,9,17,19H,4-5,7-8H2,1-3H3,(H,20,21). The van der Waals surface area contributed by atoms with Gasteiger partial charge in [0.05, 0.1) is 12.3 Å². The van der Waals surface area contributed by atoms with Gasteiger partial charge >= 0.3 is 5.97 Å². The van der Waals surface area contributed by atoms with E-state index >= 15 is 0 Å². The van der Waals surface area contributed by atoms with Gasteiger partial charge in [0.25, 0.3) is 0 Å². The quantitative estimate of drug-likeness (QED) is 0.678. The van der Waals surface area contributed by atoms with Gasteiger partial charge < -0.3 is 19.9 Å². The van der Waals surface area contributed by atoms with Gasteiger partial charge in [0.1, 0.15) is 6.04 Å². The van der Waals surface area contributed by atoms with Gasteiger partial charge in [-0.05, 0) is 20.0 Å². The van der Waals surface area contributed by atoms with Crippen LogP contribution in [0.5, 0.6) is 5.75 Å². The number of carboxylic acid groups (broad SMARTS) is 1. The molecule has 1 heterocycles. The zero-order chi connectivity index (χ0) is 16.2. The third-order valence-electron chi connectivity index (χ3n) is 3.58.